The summed E-state index contributed by atoms with van der Waals surface area (Å²) in [6.45, 7) is 2.43. The van der Waals surface area contributed by atoms with Crippen molar-refractivity contribution in [3.63, 3.8) is 0 Å². The molecule has 57 heavy (non-hydrogen) atoms. The topological polar surface area (TPSA) is 231 Å². The van der Waals surface area contributed by atoms with Crippen LogP contribution < -0.4 is 0 Å². The first kappa shape index (κ1) is 51.1. The Balaban J connectivity index is 1.89. The van der Waals surface area contributed by atoms with Crippen molar-refractivity contribution < 1.29 is 73.8 Å². The predicted octanol–water partition coefficient (Wildman–Crippen LogP) is 3.65. The van der Waals surface area contributed by atoms with Gasteiger partial charge in [-0.15, -0.1) is 0 Å². The number of aliphatic hydroxyl groups is 7. The van der Waals surface area contributed by atoms with Gasteiger partial charge in [-0.2, -0.15) is 0 Å². The van der Waals surface area contributed by atoms with Crippen molar-refractivity contribution >= 4 is 11.9 Å². The molecule has 0 amide bonds. The van der Waals surface area contributed by atoms with E-state index >= 15 is 0 Å². The second kappa shape index (κ2) is 30.9. The Bertz CT molecular complexity index is 1100. The molecule has 2 rings (SSSR count). The first-order chi connectivity index (χ1) is 27.5. The summed E-state index contributed by atoms with van der Waals surface area (Å²) in [6, 6.07) is 0. The molecule has 0 saturated carbocycles. The van der Waals surface area contributed by atoms with Gasteiger partial charge in [0, 0.05) is 12.8 Å². The molecule has 2 aliphatic rings. The van der Waals surface area contributed by atoms with E-state index in [4.69, 9.17) is 28.4 Å². The second-order valence-corrected chi connectivity index (χ2v) is 15.2. The smallest absolute Gasteiger partial charge is 0.306 e. The molecule has 0 aromatic rings. The molecule has 0 radical (unpaired) electrons. The summed E-state index contributed by atoms with van der Waals surface area (Å²) < 4.78 is 33.3. The monoisotopic (exact) mass is 819 g/mol. The number of esters is 2. The lowest BCUT2D eigenvalue weighted by Gasteiger charge is -2.42. The van der Waals surface area contributed by atoms with E-state index < -0.39 is 92.7 Å². The maximum Gasteiger partial charge on any atom is 0.306 e. The number of hydrogen-bond acceptors (Lipinski definition) is 15. The van der Waals surface area contributed by atoms with Crippen molar-refractivity contribution in [1.82, 2.24) is 0 Å². The van der Waals surface area contributed by atoms with Crippen LogP contribution >= 0.6 is 0 Å². The molecule has 7 N–H and O–H groups in total. The zero-order valence-corrected chi connectivity index (χ0v) is 34.3. The van der Waals surface area contributed by atoms with Crippen molar-refractivity contribution in [2.45, 2.75) is 203 Å². The number of unbranched alkanes of at least 4 members (excludes halogenated alkanes) is 13. The number of aliphatic hydroxyl groups excluding tert-OH is 7. The molecule has 0 bridgehead atoms. The summed E-state index contributed by atoms with van der Waals surface area (Å²) >= 11 is 0. The number of ether oxygens (including phenoxy) is 6. The fraction of sp³-hybridized carbons (Fsp3) is 0.857. The molecule has 2 heterocycles. The van der Waals surface area contributed by atoms with E-state index in [1.165, 1.54) is 12.8 Å². The molecule has 0 aromatic heterocycles. The van der Waals surface area contributed by atoms with Crippen LogP contribution in [0.15, 0.2) is 24.3 Å². The predicted molar refractivity (Wildman–Crippen MR) is 211 cm³/mol. The minimum Gasteiger partial charge on any atom is -0.462 e. The Labute approximate surface area is 339 Å². The van der Waals surface area contributed by atoms with Crippen molar-refractivity contribution in [1.29, 1.82) is 0 Å². The molecule has 332 valence electrons. The van der Waals surface area contributed by atoms with Gasteiger partial charge in [0.05, 0.1) is 19.8 Å². The van der Waals surface area contributed by atoms with Gasteiger partial charge in [0.2, 0.25) is 0 Å². The van der Waals surface area contributed by atoms with Gasteiger partial charge in [-0.05, 0) is 51.4 Å². The minimum atomic E-state index is -1.76. The van der Waals surface area contributed by atoms with Gasteiger partial charge in [0.25, 0.3) is 0 Å². The third kappa shape index (κ3) is 20.7. The second-order valence-electron chi connectivity index (χ2n) is 15.2. The average molecular weight is 819 g/mol. The minimum absolute atomic E-state index is 0.153. The number of hydrogen-bond donors (Lipinski definition) is 7. The highest BCUT2D eigenvalue weighted by Crippen LogP contribution is 2.26. The largest absolute Gasteiger partial charge is 0.462 e. The molecule has 2 fully saturated rings. The van der Waals surface area contributed by atoms with Gasteiger partial charge >= 0.3 is 11.9 Å². The molecule has 11 unspecified atom stereocenters. The Kier molecular flexibility index (Phi) is 27.7. The molecule has 11 atom stereocenters. The van der Waals surface area contributed by atoms with Crippen molar-refractivity contribution in [3.05, 3.63) is 24.3 Å². The number of rotatable bonds is 31. The van der Waals surface area contributed by atoms with Crippen LogP contribution in [0, 0.1) is 0 Å². The normalized spacial score (nSPS) is 28.6. The summed E-state index contributed by atoms with van der Waals surface area (Å²) in [4.78, 5) is 25.5. The van der Waals surface area contributed by atoms with Crippen molar-refractivity contribution in [3.8, 4) is 0 Å². The quantitative estimate of drug-likeness (QED) is 0.0301. The molecule has 2 aliphatic heterocycles. The van der Waals surface area contributed by atoms with Crippen LogP contribution in [-0.2, 0) is 38.0 Å². The maximum absolute atomic E-state index is 12.9. The SMILES string of the molecule is CCC/C=C\CCCCCCCC(=O)OCC(COC1OC(COC2OC(CO)C(O)C(O)C2O)C(O)C(O)C1O)OC(=O)CCCCCCC/C=C\CCCC. The van der Waals surface area contributed by atoms with Gasteiger partial charge in [0.1, 0.15) is 55.4 Å². The van der Waals surface area contributed by atoms with Crippen LogP contribution in [-0.4, -0.2) is 142 Å². The lowest BCUT2D eigenvalue weighted by molar-refractivity contribution is -0.332. The zero-order valence-electron chi connectivity index (χ0n) is 34.3. The summed E-state index contributed by atoms with van der Waals surface area (Å²) in [5.41, 5.74) is 0. The Morgan fingerprint density at radius 1 is 0.544 bits per heavy atom. The van der Waals surface area contributed by atoms with E-state index in [0.717, 1.165) is 83.5 Å². The molecule has 15 heteroatoms. The number of allylic oxidation sites excluding steroid dienone is 4. The van der Waals surface area contributed by atoms with Gasteiger partial charge < -0.3 is 64.2 Å². The molecule has 2 saturated heterocycles. The Hall–Kier alpha value is -2.02. The highest BCUT2D eigenvalue weighted by Gasteiger charge is 2.47. The van der Waals surface area contributed by atoms with Gasteiger partial charge in [-0.1, -0.05) is 95.9 Å². The Morgan fingerprint density at radius 3 is 1.61 bits per heavy atom. The van der Waals surface area contributed by atoms with Crippen LogP contribution in [0.3, 0.4) is 0 Å². The first-order valence-corrected chi connectivity index (χ1v) is 21.4. The number of carbonyl (C=O) groups is 2. The van der Waals surface area contributed by atoms with Crippen LogP contribution in [0.25, 0.3) is 0 Å². The van der Waals surface area contributed by atoms with E-state index in [-0.39, 0.29) is 26.1 Å². The number of carbonyl (C=O) groups excluding carboxylic acids is 2. The van der Waals surface area contributed by atoms with Gasteiger partial charge in [0.15, 0.2) is 18.7 Å². The van der Waals surface area contributed by atoms with Gasteiger partial charge in [-0.25, -0.2) is 0 Å². The Morgan fingerprint density at radius 2 is 1.04 bits per heavy atom. The highest BCUT2D eigenvalue weighted by molar-refractivity contribution is 5.70. The summed E-state index contributed by atoms with van der Waals surface area (Å²) in [7, 11) is 0. The molecule has 0 aromatic carbocycles. The van der Waals surface area contributed by atoms with Crippen LogP contribution in [0.1, 0.15) is 136 Å². The molecular formula is C42H74O15. The van der Waals surface area contributed by atoms with Crippen LogP contribution in [0.5, 0.6) is 0 Å². The van der Waals surface area contributed by atoms with Crippen molar-refractivity contribution in [2.24, 2.45) is 0 Å². The highest BCUT2D eigenvalue weighted by atomic mass is 16.7. The standard InChI is InChI=1S/C42H74O15/c1-3-5-7-9-11-13-15-17-19-21-23-25-34(45)55-30(27-52-33(44)24-22-20-18-16-14-12-10-8-6-4-2)28-53-41-40(51)38(49)36(47)32(57-41)29-54-42-39(50)37(48)35(46)31(26-43)56-42/h8-11,30-32,35-43,46-51H,3-7,12-29H2,1-2H3/b10-8-,11-9-. The molecule has 0 spiro atoms. The van der Waals surface area contributed by atoms with E-state index in [1.807, 2.05) is 0 Å². The third-order valence-corrected chi connectivity index (χ3v) is 10.1. The summed E-state index contributed by atoms with van der Waals surface area (Å²) in [5.74, 6) is -0.953. The van der Waals surface area contributed by atoms with E-state index in [2.05, 4.69) is 38.2 Å². The fourth-order valence-corrected chi connectivity index (χ4v) is 6.49. The molecule has 0 aliphatic carbocycles. The third-order valence-electron chi connectivity index (χ3n) is 10.1. The van der Waals surface area contributed by atoms with Crippen LogP contribution in [0.4, 0.5) is 0 Å². The van der Waals surface area contributed by atoms with E-state index in [0.29, 0.717) is 12.8 Å². The van der Waals surface area contributed by atoms with E-state index in [9.17, 15) is 45.3 Å². The molecule has 15 nitrogen and oxygen atoms in total. The summed E-state index contributed by atoms with van der Waals surface area (Å²) in [5, 5.41) is 71.7. The zero-order chi connectivity index (χ0) is 41.8. The molecular weight excluding hydrogens is 744 g/mol. The first-order valence-electron chi connectivity index (χ1n) is 21.4. The van der Waals surface area contributed by atoms with Gasteiger partial charge in [-0.3, -0.25) is 9.59 Å². The lowest BCUT2D eigenvalue weighted by Crippen LogP contribution is -2.61. The maximum atomic E-state index is 12.9. The average Bonchev–Trinajstić information content (AvgIpc) is 3.20. The van der Waals surface area contributed by atoms with Crippen molar-refractivity contribution in [2.75, 3.05) is 26.4 Å². The summed E-state index contributed by atoms with van der Waals surface area (Å²) in [6.07, 6.45) is 9.58. The van der Waals surface area contributed by atoms with E-state index in [1.54, 1.807) is 0 Å². The lowest BCUT2D eigenvalue weighted by atomic mass is 9.98. The fourth-order valence-electron chi connectivity index (χ4n) is 6.49. The van der Waals surface area contributed by atoms with Crippen LogP contribution in [0.2, 0.25) is 0 Å².